The zero-order valence-electron chi connectivity index (χ0n) is 10.9. The Bertz CT molecular complexity index is 145. The van der Waals surface area contributed by atoms with Gasteiger partial charge in [-0.1, -0.05) is 38.2 Å². The van der Waals surface area contributed by atoms with E-state index in [4.69, 9.17) is 9.94 Å². The smallest absolute Gasteiger partial charge is 0.0863 e. The van der Waals surface area contributed by atoms with Crippen LogP contribution in [0.3, 0.4) is 0 Å². The minimum atomic E-state index is 0.602. The van der Waals surface area contributed by atoms with Crippen LogP contribution in [0.15, 0.2) is 37.5 Å². The molecule has 2 N–H and O–H groups in total. The molecule has 0 amide bonds. The number of hydrogen-bond acceptors (Lipinski definition) is 3. The summed E-state index contributed by atoms with van der Waals surface area (Å²) in [5, 5.41) is 7.00. The summed E-state index contributed by atoms with van der Waals surface area (Å²) in [5.41, 5.74) is 2.74. The number of rotatable bonds is 8. The highest BCUT2D eigenvalue weighted by Crippen LogP contribution is 1.90. The molecule has 0 aromatic heterocycles. The van der Waals surface area contributed by atoms with Crippen molar-refractivity contribution in [3.05, 3.63) is 37.5 Å². The molecule has 0 unspecified atom stereocenters. The largest absolute Gasteiger partial charge is 0.400 e. The molecule has 0 aromatic rings. The van der Waals surface area contributed by atoms with Gasteiger partial charge in [-0.3, -0.25) is 4.84 Å². The van der Waals surface area contributed by atoms with Crippen molar-refractivity contribution in [3.63, 3.8) is 0 Å². The molecule has 0 aliphatic rings. The minimum Gasteiger partial charge on any atom is -0.400 e. The first-order chi connectivity index (χ1) is 7.91. The highest BCUT2D eigenvalue weighted by molar-refractivity contribution is 4.84. The predicted molar refractivity (Wildman–Crippen MR) is 72.2 cm³/mol. The van der Waals surface area contributed by atoms with E-state index in [1.165, 1.54) is 0 Å². The molecule has 0 heterocycles. The van der Waals surface area contributed by atoms with Crippen LogP contribution in [0.5, 0.6) is 0 Å². The number of aliphatic hydroxyl groups excluding tert-OH is 1. The molecule has 0 atom stereocenters. The van der Waals surface area contributed by atoms with E-state index in [2.05, 4.69) is 24.7 Å². The summed E-state index contributed by atoms with van der Waals surface area (Å²) in [6.45, 7) is 12.5. The van der Waals surface area contributed by atoms with Crippen LogP contribution in [-0.2, 0) is 4.84 Å². The normalized spacial score (nSPS) is 8.50. The second-order valence-electron chi connectivity index (χ2n) is 2.29. The van der Waals surface area contributed by atoms with Crippen LogP contribution in [0.1, 0.15) is 26.7 Å². The Hall–Kier alpha value is -0.900. The van der Waals surface area contributed by atoms with Crippen molar-refractivity contribution in [3.8, 4) is 0 Å². The van der Waals surface area contributed by atoms with Crippen LogP contribution < -0.4 is 5.48 Å². The molecule has 0 radical (unpaired) electrons. The summed E-state index contributed by atoms with van der Waals surface area (Å²) < 4.78 is 0. The van der Waals surface area contributed by atoms with Crippen LogP contribution in [0, 0.1) is 0 Å². The van der Waals surface area contributed by atoms with Gasteiger partial charge in [-0.05, 0) is 12.8 Å². The van der Waals surface area contributed by atoms with Crippen molar-refractivity contribution in [2.24, 2.45) is 0 Å². The van der Waals surface area contributed by atoms with Gasteiger partial charge in [0.05, 0.1) is 6.61 Å². The molecular formula is C13H27NO2. The van der Waals surface area contributed by atoms with Crippen LogP contribution >= 0.6 is 0 Å². The molecular weight excluding hydrogens is 202 g/mol. The highest BCUT2D eigenvalue weighted by atomic mass is 16.6. The number of hydrogen-bond donors (Lipinski definition) is 2. The fourth-order valence-electron chi connectivity index (χ4n) is 0.625. The first-order valence-corrected chi connectivity index (χ1v) is 5.58. The van der Waals surface area contributed by atoms with Crippen molar-refractivity contribution in [1.82, 2.24) is 5.48 Å². The number of nitrogens with one attached hydrogen (secondary N) is 1. The van der Waals surface area contributed by atoms with E-state index in [1.807, 2.05) is 26.0 Å². The SMILES string of the molecule is C=CCC/C=C/CONCC=C.CC.CO. The summed E-state index contributed by atoms with van der Waals surface area (Å²) in [6, 6.07) is 0. The lowest BCUT2D eigenvalue weighted by atomic mass is 10.3. The number of aliphatic hydroxyl groups is 1. The molecule has 3 nitrogen and oxygen atoms in total. The molecule has 0 aliphatic heterocycles. The Kier molecular flexibility index (Phi) is 37.4. The Balaban J connectivity index is -0.000000376. The molecule has 0 bridgehead atoms. The molecule has 0 spiro atoms. The molecule has 0 saturated carbocycles. The Morgan fingerprint density at radius 1 is 1.06 bits per heavy atom. The van der Waals surface area contributed by atoms with Gasteiger partial charge >= 0.3 is 0 Å². The average Bonchev–Trinajstić information content (AvgIpc) is 2.38. The Morgan fingerprint density at radius 3 is 2.19 bits per heavy atom. The van der Waals surface area contributed by atoms with E-state index < -0.39 is 0 Å². The van der Waals surface area contributed by atoms with Gasteiger partial charge in [-0.25, -0.2) is 0 Å². The second kappa shape index (κ2) is 29.2. The zero-order chi connectivity index (χ0) is 13.1. The Labute approximate surface area is 100 Å². The van der Waals surface area contributed by atoms with Crippen molar-refractivity contribution < 1.29 is 9.94 Å². The monoisotopic (exact) mass is 229 g/mol. The van der Waals surface area contributed by atoms with E-state index in [1.54, 1.807) is 6.08 Å². The van der Waals surface area contributed by atoms with Crippen LogP contribution in [0.2, 0.25) is 0 Å². The zero-order valence-corrected chi connectivity index (χ0v) is 10.9. The Morgan fingerprint density at radius 2 is 1.69 bits per heavy atom. The van der Waals surface area contributed by atoms with E-state index in [-0.39, 0.29) is 0 Å². The van der Waals surface area contributed by atoms with Crippen molar-refractivity contribution in [2.45, 2.75) is 26.7 Å². The second-order valence-corrected chi connectivity index (χ2v) is 2.29. The maximum absolute atomic E-state index is 7.00. The first kappa shape index (κ1) is 20.5. The summed E-state index contributed by atoms with van der Waals surface area (Å²) in [5.74, 6) is 0. The molecule has 3 heteroatoms. The highest BCUT2D eigenvalue weighted by Gasteiger charge is 1.78. The summed E-state index contributed by atoms with van der Waals surface area (Å²) in [7, 11) is 1.00. The molecule has 0 rings (SSSR count). The topological polar surface area (TPSA) is 41.5 Å². The third kappa shape index (κ3) is 29.2. The number of allylic oxidation sites excluding steroid dienone is 2. The predicted octanol–water partition coefficient (Wildman–Crippen LogP) is 2.85. The number of hydroxylamine groups is 1. The summed E-state index contributed by atoms with van der Waals surface area (Å²) >= 11 is 0. The molecule has 16 heavy (non-hydrogen) atoms. The van der Waals surface area contributed by atoms with Crippen molar-refractivity contribution in [1.29, 1.82) is 0 Å². The molecule has 0 saturated heterocycles. The van der Waals surface area contributed by atoms with Gasteiger partial charge in [0.2, 0.25) is 0 Å². The van der Waals surface area contributed by atoms with Crippen LogP contribution in [0.25, 0.3) is 0 Å². The lowest BCUT2D eigenvalue weighted by Gasteiger charge is -1.97. The van der Waals surface area contributed by atoms with Gasteiger partial charge < -0.3 is 5.11 Å². The average molecular weight is 229 g/mol. The molecule has 96 valence electrons. The van der Waals surface area contributed by atoms with Gasteiger partial charge in [0.15, 0.2) is 0 Å². The van der Waals surface area contributed by atoms with Gasteiger partial charge in [0.25, 0.3) is 0 Å². The minimum absolute atomic E-state index is 0.602. The summed E-state index contributed by atoms with van der Waals surface area (Å²) in [4.78, 5) is 5.02. The lowest BCUT2D eigenvalue weighted by molar-refractivity contribution is 0.0707. The molecule has 0 aliphatic carbocycles. The van der Waals surface area contributed by atoms with E-state index >= 15 is 0 Å². The molecule has 0 aromatic carbocycles. The fraction of sp³-hybridized carbons (Fsp3) is 0.538. The van der Waals surface area contributed by atoms with E-state index in [0.717, 1.165) is 20.0 Å². The van der Waals surface area contributed by atoms with Crippen LogP contribution in [-0.4, -0.2) is 25.4 Å². The lowest BCUT2D eigenvalue weighted by Crippen LogP contribution is -2.13. The maximum Gasteiger partial charge on any atom is 0.0863 e. The van der Waals surface area contributed by atoms with Crippen molar-refractivity contribution >= 4 is 0 Å². The quantitative estimate of drug-likeness (QED) is 0.382. The van der Waals surface area contributed by atoms with Crippen molar-refractivity contribution in [2.75, 3.05) is 20.3 Å². The third-order valence-electron chi connectivity index (χ3n) is 1.21. The van der Waals surface area contributed by atoms with Gasteiger partial charge in [-0.15, -0.1) is 13.2 Å². The van der Waals surface area contributed by atoms with Gasteiger partial charge in [-0.2, -0.15) is 5.48 Å². The standard InChI is InChI=1S/C10H17NO.C2H6.CH4O/c1-3-5-6-7-8-10-12-11-9-4-2;2*1-2/h3-4,7-8,11H,1-2,5-6,9-10H2;1-2H3;2H,1H3/b8-7+;;. The van der Waals surface area contributed by atoms with E-state index in [9.17, 15) is 0 Å². The maximum atomic E-state index is 7.00. The summed E-state index contributed by atoms with van der Waals surface area (Å²) in [6.07, 6.45) is 9.78. The van der Waals surface area contributed by atoms with E-state index in [0.29, 0.717) is 13.2 Å². The van der Waals surface area contributed by atoms with Gasteiger partial charge in [0, 0.05) is 13.7 Å². The number of unbranched alkanes of at least 4 members (excludes halogenated alkanes) is 1. The van der Waals surface area contributed by atoms with Gasteiger partial charge in [0.1, 0.15) is 0 Å². The first-order valence-electron chi connectivity index (χ1n) is 5.58. The third-order valence-corrected chi connectivity index (χ3v) is 1.21. The van der Waals surface area contributed by atoms with Crippen LogP contribution in [0.4, 0.5) is 0 Å². The fourth-order valence-corrected chi connectivity index (χ4v) is 0.625. The molecule has 0 fully saturated rings.